The quantitative estimate of drug-likeness (QED) is 0.941. The molecule has 0 radical (unpaired) electrons. The smallest absolute Gasteiger partial charge is 0.307 e. The number of hydrogen-bond acceptors (Lipinski definition) is 2. The summed E-state index contributed by atoms with van der Waals surface area (Å²) in [6.45, 7) is 1.63. The lowest BCUT2D eigenvalue weighted by Gasteiger charge is -2.05. The Kier molecular flexibility index (Phi) is 3.66. The molecule has 0 spiro atoms. The molecule has 0 unspecified atom stereocenters. The third kappa shape index (κ3) is 2.65. The Hall–Kier alpha value is -1.76. The van der Waals surface area contributed by atoms with E-state index in [9.17, 15) is 13.6 Å². The van der Waals surface area contributed by atoms with E-state index < -0.39 is 17.6 Å². The molecule has 4 nitrogen and oxygen atoms in total. The van der Waals surface area contributed by atoms with Gasteiger partial charge in [-0.1, -0.05) is 0 Å². The van der Waals surface area contributed by atoms with E-state index in [4.69, 9.17) is 5.11 Å². The highest BCUT2D eigenvalue weighted by atomic mass is 79.9. The largest absolute Gasteiger partial charge is 0.481 e. The normalized spacial score (nSPS) is 10.7. The van der Waals surface area contributed by atoms with Crippen LogP contribution in [0.25, 0.3) is 5.69 Å². The zero-order chi connectivity index (χ0) is 14.2. The van der Waals surface area contributed by atoms with Crippen molar-refractivity contribution in [2.75, 3.05) is 0 Å². The summed E-state index contributed by atoms with van der Waals surface area (Å²) in [7, 11) is 0. The van der Waals surface area contributed by atoms with E-state index in [1.165, 1.54) is 10.7 Å². The Morgan fingerprint density at radius 2 is 2.16 bits per heavy atom. The first kappa shape index (κ1) is 13.7. The maximum atomic E-state index is 13.7. The summed E-state index contributed by atoms with van der Waals surface area (Å²) in [5.41, 5.74) is 0.974. The molecule has 1 heterocycles. The molecular formula is C12H9BrF2N2O2. The van der Waals surface area contributed by atoms with E-state index in [1.54, 1.807) is 6.92 Å². The molecule has 19 heavy (non-hydrogen) atoms. The van der Waals surface area contributed by atoms with Gasteiger partial charge in [-0.25, -0.2) is 13.5 Å². The molecule has 0 saturated carbocycles. The van der Waals surface area contributed by atoms with E-state index >= 15 is 0 Å². The number of aryl methyl sites for hydroxylation is 1. The van der Waals surface area contributed by atoms with Gasteiger partial charge in [0.15, 0.2) is 5.82 Å². The van der Waals surface area contributed by atoms with Crippen LogP contribution in [-0.4, -0.2) is 20.9 Å². The Labute approximate surface area is 115 Å². The summed E-state index contributed by atoms with van der Waals surface area (Å²) in [6.07, 6.45) is -0.227. The van der Waals surface area contributed by atoms with E-state index in [0.29, 0.717) is 15.9 Å². The van der Waals surface area contributed by atoms with Crippen molar-refractivity contribution in [2.45, 2.75) is 13.3 Å². The molecule has 0 atom stereocenters. The highest BCUT2D eigenvalue weighted by Gasteiger charge is 2.18. The number of halogens is 3. The molecule has 0 aliphatic carbocycles. The number of benzene rings is 1. The molecular weight excluding hydrogens is 322 g/mol. The van der Waals surface area contributed by atoms with Crippen LogP contribution in [0.15, 0.2) is 22.8 Å². The van der Waals surface area contributed by atoms with Crippen molar-refractivity contribution in [1.29, 1.82) is 0 Å². The van der Waals surface area contributed by atoms with Crippen molar-refractivity contribution in [3.63, 3.8) is 0 Å². The first-order valence-corrected chi connectivity index (χ1v) is 6.10. The van der Waals surface area contributed by atoms with Gasteiger partial charge < -0.3 is 5.11 Å². The minimum atomic E-state index is -1.01. The van der Waals surface area contributed by atoms with E-state index in [0.717, 1.165) is 12.1 Å². The number of aliphatic carboxylic acids is 1. The summed E-state index contributed by atoms with van der Waals surface area (Å²) >= 11 is 3.20. The summed E-state index contributed by atoms with van der Waals surface area (Å²) in [6, 6.07) is 3.10. The average molecular weight is 331 g/mol. The maximum Gasteiger partial charge on any atom is 0.307 e. The molecule has 0 aliphatic heterocycles. The van der Waals surface area contributed by atoms with Crippen LogP contribution in [0.4, 0.5) is 8.78 Å². The SMILES string of the molecule is Cc1nn(-c2ccc(F)cc2F)c(Br)c1CC(=O)O. The van der Waals surface area contributed by atoms with Crippen molar-refractivity contribution in [3.8, 4) is 5.69 Å². The van der Waals surface area contributed by atoms with E-state index in [2.05, 4.69) is 21.0 Å². The minimum absolute atomic E-state index is 0.0491. The molecule has 1 aromatic heterocycles. The summed E-state index contributed by atoms with van der Waals surface area (Å²) < 4.78 is 28.1. The molecule has 1 N–H and O–H groups in total. The Morgan fingerprint density at radius 3 is 2.74 bits per heavy atom. The first-order chi connectivity index (χ1) is 8.90. The standard InChI is InChI=1S/C12H9BrF2N2O2/c1-6-8(5-11(18)19)12(13)17(16-6)10-3-2-7(14)4-9(10)15/h2-4H,5H2,1H3,(H,18,19). The molecule has 0 fully saturated rings. The topological polar surface area (TPSA) is 55.1 Å². The lowest BCUT2D eigenvalue weighted by molar-refractivity contribution is -0.136. The van der Waals surface area contributed by atoms with Gasteiger partial charge in [-0.05, 0) is 35.0 Å². The average Bonchev–Trinajstić information content (AvgIpc) is 2.57. The van der Waals surface area contributed by atoms with Crippen LogP contribution in [0.2, 0.25) is 0 Å². The second-order valence-corrected chi connectivity index (χ2v) is 4.68. The zero-order valence-corrected chi connectivity index (χ0v) is 11.4. The number of nitrogens with zero attached hydrogens (tertiary/aromatic N) is 2. The van der Waals surface area contributed by atoms with Crippen molar-refractivity contribution in [1.82, 2.24) is 9.78 Å². The van der Waals surface area contributed by atoms with Crippen LogP contribution in [-0.2, 0) is 11.2 Å². The third-order valence-corrected chi connectivity index (χ3v) is 3.40. The first-order valence-electron chi connectivity index (χ1n) is 5.31. The molecule has 7 heteroatoms. The number of carbonyl (C=O) groups is 1. The summed E-state index contributed by atoms with van der Waals surface area (Å²) in [4.78, 5) is 10.7. The lowest BCUT2D eigenvalue weighted by Crippen LogP contribution is -2.03. The van der Waals surface area contributed by atoms with Crippen LogP contribution >= 0.6 is 15.9 Å². The molecule has 0 bridgehead atoms. The zero-order valence-electron chi connectivity index (χ0n) is 9.82. The van der Waals surface area contributed by atoms with Gasteiger partial charge in [0.25, 0.3) is 0 Å². The van der Waals surface area contributed by atoms with Gasteiger partial charge in [0.2, 0.25) is 0 Å². The van der Waals surface area contributed by atoms with E-state index in [1.807, 2.05) is 0 Å². The number of aromatic nitrogens is 2. The molecule has 0 saturated heterocycles. The highest BCUT2D eigenvalue weighted by molar-refractivity contribution is 9.10. The Balaban J connectivity index is 2.54. The predicted molar refractivity (Wildman–Crippen MR) is 67.3 cm³/mol. The van der Waals surface area contributed by atoms with Gasteiger partial charge in [-0.15, -0.1) is 0 Å². The van der Waals surface area contributed by atoms with Gasteiger partial charge >= 0.3 is 5.97 Å². The van der Waals surface area contributed by atoms with Gasteiger partial charge in [-0.2, -0.15) is 5.10 Å². The van der Waals surface area contributed by atoms with Crippen molar-refractivity contribution in [3.05, 3.63) is 45.7 Å². The van der Waals surface area contributed by atoms with Gasteiger partial charge in [0.1, 0.15) is 16.1 Å². The van der Waals surface area contributed by atoms with Gasteiger partial charge in [0.05, 0.1) is 12.1 Å². The van der Waals surface area contributed by atoms with E-state index in [-0.39, 0.29) is 12.1 Å². The fourth-order valence-corrected chi connectivity index (χ4v) is 2.39. The molecule has 2 rings (SSSR count). The van der Waals surface area contributed by atoms with Gasteiger partial charge in [-0.3, -0.25) is 4.79 Å². The molecule has 0 amide bonds. The Morgan fingerprint density at radius 1 is 1.47 bits per heavy atom. The lowest BCUT2D eigenvalue weighted by atomic mass is 10.2. The third-order valence-electron chi connectivity index (χ3n) is 2.59. The molecule has 100 valence electrons. The monoisotopic (exact) mass is 330 g/mol. The Bertz CT molecular complexity index is 655. The van der Waals surface area contributed by atoms with Crippen LogP contribution in [0.1, 0.15) is 11.3 Å². The van der Waals surface area contributed by atoms with Crippen LogP contribution in [0, 0.1) is 18.6 Å². The maximum absolute atomic E-state index is 13.7. The molecule has 0 aliphatic rings. The fraction of sp³-hybridized carbons (Fsp3) is 0.167. The highest BCUT2D eigenvalue weighted by Crippen LogP contribution is 2.26. The number of hydrogen-bond donors (Lipinski definition) is 1. The predicted octanol–water partition coefficient (Wildman–Crippen LogP) is 2.85. The van der Waals surface area contributed by atoms with Crippen molar-refractivity contribution >= 4 is 21.9 Å². The number of carboxylic acid groups (broad SMARTS) is 1. The molecule has 2 aromatic rings. The van der Waals surface area contributed by atoms with Crippen molar-refractivity contribution in [2.24, 2.45) is 0 Å². The van der Waals surface area contributed by atoms with Crippen LogP contribution in [0.5, 0.6) is 0 Å². The summed E-state index contributed by atoms with van der Waals surface area (Å²) in [5.74, 6) is -2.47. The fourth-order valence-electron chi connectivity index (χ4n) is 1.70. The van der Waals surface area contributed by atoms with Gasteiger partial charge in [0, 0.05) is 11.6 Å². The molecule has 1 aromatic carbocycles. The minimum Gasteiger partial charge on any atom is -0.481 e. The van der Waals surface area contributed by atoms with Crippen LogP contribution < -0.4 is 0 Å². The number of rotatable bonds is 3. The van der Waals surface area contributed by atoms with Crippen molar-refractivity contribution < 1.29 is 18.7 Å². The van der Waals surface area contributed by atoms with Crippen LogP contribution in [0.3, 0.4) is 0 Å². The number of carboxylic acids is 1. The second kappa shape index (κ2) is 5.08. The summed E-state index contributed by atoms with van der Waals surface area (Å²) in [5, 5.41) is 12.9. The second-order valence-electron chi connectivity index (χ2n) is 3.93.